The molecule has 0 aromatic heterocycles. The Labute approximate surface area is 143 Å². The van der Waals surface area contributed by atoms with Crippen molar-refractivity contribution in [2.24, 2.45) is 0 Å². The van der Waals surface area contributed by atoms with Crippen LogP contribution in [0.2, 0.25) is 0 Å². The van der Waals surface area contributed by atoms with Gasteiger partial charge in [-0.2, -0.15) is 0 Å². The fourth-order valence-corrected chi connectivity index (χ4v) is 3.33. The molecule has 2 aliphatic rings. The van der Waals surface area contributed by atoms with E-state index < -0.39 is 0 Å². The zero-order chi connectivity index (χ0) is 16.8. The Hall–Kier alpha value is -2.08. The number of nitrogens with zero attached hydrogens (tertiary/aromatic N) is 1. The number of anilines is 1. The standard InChI is InChI=1S/C18H26N4O2/c23-17(16-8-4-5-11-19-16)20-15-9-12-22(13-10-15)18(24)21-14-6-2-1-3-7-14/h1-3,6-7,15-16,19H,4-5,8-13H2,(H,20,23)(H,21,24). The number of hydrogen-bond donors (Lipinski definition) is 3. The molecular weight excluding hydrogens is 304 g/mol. The molecule has 0 aliphatic carbocycles. The minimum Gasteiger partial charge on any atom is -0.352 e. The summed E-state index contributed by atoms with van der Waals surface area (Å²) in [4.78, 5) is 26.3. The number of benzene rings is 1. The molecule has 2 heterocycles. The van der Waals surface area contributed by atoms with Gasteiger partial charge in [0.05, 0.1) is 6.04 Å². The summed E-state index contributed by atoms with van der Waals surface area (Å²) in [6, 6.07) is 9.53. The van der Waals surface area contributed by atoms with Crippen molar-refractivity contribution in [2.75, 3.05) is 25.0 Å². The van der Waals surface area contributed by atoms with Crippen molar-refractivity contribution in [1.29, 1.82) is 0 Å². The van der Waals surface area contributed by atoms with Gasteiger partial charge < -0.3 is 20.9 Å². The summed E-state index contributed by atoms with van der Waals surface area (Å²) >= 11 is 0. The van der Waals surface area contributed by atoms with Crippen LogP contribution in [0.3, 0.4) is 0 Å². The lowest BCUT2D eigenvalue weighted by Gasteiger charge is -2.33. The molecule has 2 fully saturated rings. The molecule has 0 saturated carbocycles. The van der Waals surface area contributed by atoms with Gasteiger partial charge in [-0.25, -0.2) is 4.79 Å². The van der Waals surface area contributed by atoms with Crippen molar-refractivity contribution < 1.29 is 9.59 Å². The van der Waals surface area contributed by atoms with E-state index in [-0.39, 0.29) is 24.0 Å². The number of carbonyl (C=O) groups excluding carboxylic acids is 2. The smallest absolute Gasteiger partial charge is 0.321 e. The van der Waals surface area contributed by atoms with E-state index in [0.717, 1.165) is 44.3 Å². The summed E-state index contributed by atoms with van der Waals surface area (Å²) in [5.41, 5.74) is 0.807. The van der Waals surface area contributed by atoms with Gasteiger partial charge in [-0.1, -0.05) is 24.6 Å². The fourth-order valence-electron chi connectivity index (χ4n) is 3.33. The predicted molar refractivity (Wildman–Crippen MR) is 93.8 cm³/mol. The number of carbonyl (C=O) groups is 2. The van der Waals surface area contributed by atoms with E-state index in [1.807, 2.05) is 35.2 Å². The molecule has 6 heteroatoms. The highest BCUT2D eigenvalue weighted by atomic mass is 16.2. The Morgan fingerprint density at radius 1 is 1.04 bits per heavy atom. The summed E-state index contributed by atoms with van der Waals surface area (Å²) in [5, 5.41) is 9.32. The Balaban J connectivity index is 1.42. The van der Waals surface area contributed by atoms with Gasteiger partial charge in [0.1, 0.15) is 0 Å². The first kappa shape index (κ1) is 16.8. The van der Waals surface area contributed by atoms with Crippen molar-refractivity contribution in [3.05, 3.63) is 30.3 Å². The SMILES string of the molecule is O=C(NC1CCN(C(=O)Nc2ccccc2)CC1)C1CCCCN1. The lowest BCUT2D eigenvalue weighted by Crippen LogP contribution is -2.53. The summed E-state index contributed by atoms with van der Waals surface area (Å²) in [6.45, 7) is 2.26. The van der Waals surface area contributed by atoms with Crippen LogP contribution in [0.4, 0.5) is 10.5 Å². The molecule has 0 spiro atoms. The first-order valence-electron chi connectivity index (χ1n) is 8.87. The summed E-state index contributed by atoms with van der Waals surface area (Å²) in [6.07, 6.45) is 4.80. The highest BCUT2D eigenvalue weighted by molar-refractivity contribution is 5.89. The highest BCUT2D eigenvalue weighted by Crippen LogP contribution is 2.14. The molecule has 6 nitrogen and oxygen atoms in total. The van der Waals surface area contributed by atoms with Gasteiger partial charge >= 0.3 is 6.03 Å². The minimum absolute atomic E-state index is 0.0434. The van der Waals surface area contributed by atoms with Gasteiger partial charge in [-0.3, -0.25) is 4.79 Å². The van der Waals surface area contributed by atoms with E-state index in [1.54, 1.807) is 0 Å². The van der Waals surface area contributed by atoms with Gasteiger partial charge in [0.25, 0.3) is 0 Å². The maximum Gasteiger partial charge on any atom is 0.321 e. The van der Waals surface area contributed by atoms with Crippen molar-refractivity contribution in [2.45, 2.75) is 44.2 Å². The Kier molecular flexibility index (Phi) is 5.69. The van der Waals surface area contributed by atoms with Crippen LogP contribution in [0.1, 0.15) is 32.1 Å². The van der Waals surface area contributed by atoms with Gasteiger partial charge in [-0.05, 0) is 44.4 Å². The van der Waals surface area contributed by atoms with Gasteiger partial charge in [0.15, 0.2) is 0 Å². The molecule has 1 aromatic rings. The van der Waals surface area contributed by atoms with E-state index >= 15 is 0 Å². The molecular formula is C18H26N4O2. The third-order valence-corrected chi connectivity index (χ3v) is 4.78. The monoisotopic (exact) mass is 330 g/mol. The van der Waals surface area contributed by atoms with Crippen molar-refractivity contribution in [3.63, 3.8) is 0 Å². The van der Waals surface area contributed by atoms with Gasteiger partial charge in [-0.15, -0.1) is 0 Å². The maximum absolute atomic E-state index is 12.3. The minimum atomic E-state index is -0.0695. The van der Waals surface area contributed by atoms with Crippen LogP contribution in [-0.2, 0) is 4.79 Å². The molecule has 24 heavy (non-hydrogen) atoms. The van der Waals surface area contributed by atoms with Crippen LogP contribution in [0, 0.1) is 0 Å². The third-order valence-electron chi connectivity index (χ3n) is 4.78. The van der Waals surface area contributed by atoms with Crippen LogP contribution >= 0.6 is 0 Å². The number of para-hydroxylation sites is 1. The Morgan fingerprint density at radius 3 is 2.46 bits per heavy atom. The second-order valence-electron chi connectivity index (χ2n) is 6.57. The molecule has 0 radical (unpaired) electrons. The molecule has 2 aliphatic heterocycles. The molecule has 3 rings (SSSR count). The first-order chi connectivity index (χ1) is 11.7. The van der Waals surface area contributed by atoms with Crippen LogP contribution in [-0.4, -0.2) is 48.6 Å². The lowest BCUT2D eigenvalue weighted by molar-refractivity contribution is -0.124. The van der Waals surface area contributed by atoms with Crippen LogP contribution in [0.15, 0.2) is 30.3 Å². The Morgan fingerprint density at radius 2 is 1.79 bits per heavy atom. The van der Waals surface area contributed by atoms with Crippen molar-refractivity contribution >= 4 is 17.6 Å². The fraction of sp³-hybridized carbons (Fsp3) is 0.556. The molecule has 1 unspecified atom stereocenters. The lowest BCUT2D eigenvalue weighted by atomic mass is 10.0. The molecule has 1 atom stereocenters. The topological polar surface area (TPSA) is 73.5 Å². The number of hydrogen-bond acceptors (Lipinski definition) is 3. The van der Waals surface area contributed by atoms with E-state index in [2.05, 4.69) is 16.0 Å². The number of rotatable bonds is 3. The average molecular weight is 330 g/mol. The third kappa shape index (κ3) is 4.47. The quantitative estimate of drug-likeness (QED) is 0.793. The number of amides is 3. The molecule has 130 valence electrons. The molecule has 3 amide bonds. The van der Waals surface area contributed by atoms with E-state index in [4.69, 9.17) is 0 Å². The molecule has 3 N–H and O–H groups in total. The van der Waals surface area contributed by atoms with Crippen LogP contribution < -0.4 is 16.0 Å². The second kappa shape index (κ2) is 8.15. The molecule has 0 bridgehead atoms. The number of urea groups is 1. The first-order valence-corrected chi connectivity index (χ1v) is 8.87. The summed E-state index contributed by atoms with van der Waals surface area (Å²) in [7, 11) is 0. The largest absolute Gasteiger partial charge is 0.352 e. The Bertz CT molecular complexity index is 549. The van der Waals surface area contributed by atoms with Crippen molar-refractivity contribution in [1.82, 2.24) is 15.5 Å². The van der Waals surface area contributed by atoms with Crippen LogP contribution in [0.5, 0.6) is 0 Å². The maximum atomic E-state index is 12.3. The number of nitrogens with one attached hydrogen (secondary N) is 3. The molecule has 2 saturated heterocycles. The van der Waals surface area contributed by atoms with E-state index in [0.29, 0.717) is 13.1 Å². The zero-order valence-corrected chi connectivity index (χ0v) is 14.0. The zero-order valence-electron chi connectivity index (χ0n) is 14.0. The predicted octanol–water partition coefficient (Wildman–Crippen LogP) is 1.94. The summed E-state index contributed by atoms with van der Waals surface area (Å²) < 4.78 is 0. The average Bonchev–Trinajstić information content (AvgIpc) is 2.64. The van der Waals surface area contributed by atoms with Crippen LogP contribution in [0.25, 0.3) is 0 Å². The number of likely N-dealkylation sites (tertiary alicyclic amines) is 1. The van der Waals surface area contributed by atoms with Gasteiger partial charge in [0.2, 0.25) is 5.91 Å². The van der Waals surface area contributed by atoms with E-state index in [9.17, 15) is 9.59 Å². The molecule has 1 aromatic carbocycles. The van der Waals surface area contributed by atoms with Crippen molar-refractivity contribution in [3.8, 4) is 0 Å². The summed E-state index contributed by atoms with van der Waals surface area (Å²) in [5.74, 6) is 0.113. The van der Waals surface area contributed by atoms with E-state index in [1.165, 1.54) is 0 Å². The number of piperidine rings is 2. The normalized spacial score (nSPS) is 22.0. The van der Waals surface area contributed by atoms with Gasteiger partial charge in [0, 0.05) is 24.8 Å². The second-order valence-corrected chi connectivity index (χ2v) is 6.57. The highest BCUT2D eigenvalue weighted by Gasteiger charge is 2.27.